The highest BCUT2D eigenvalue weighted by Crippen LogP contribution is 2.25. The zero-order valence-corrected chi connectivity index (χ0v) is 21.1. The average molecular weight is 546 g/mol. The number of anilines is 1. The van der Waals surface area contributed by atoms with Gasteiger partial charge in [-0.15, -0.1) is 11.3 Å². The summed E-state index contributed by atoms with van der Waals surface area (Å²) in [5.74, 6) is -3.81. The Labute approximate surface area is 214 Å². The molecule has 0 aliphatic carbocycles. The molecule has 2 unspecified atom stereocenters. The smallest absolute Gasteiger partial charge is 0.279 e. The van der Waals surface area contributed by atoms with Crippen molar-refractivity contribution < 1.29 is 48.3 Å². The van der Waals surface area contributed by atoms with E-state index in [1.54, 1.807) is 26.2 Å². The van der Waals surface area contributed by atoms with Gasteiger partial charge >= 0.3 is 0 Å². The van der Waals surface area contributed by atoms with Crippen molar-refractivity contribution in [1.82, 2.24) is 4.57 Å². The van der Waals surface area contributed by atoms with Crippen molar-refractivity contribution in [2.75, 3.05) is 11.9 Å². The van der Waals surface area contributed by atoms with Crippen LogP contribution in [0.1, 0.15) is 37.6 Å². The van der Waals surface area contributed by atoms with Gasteiger partial charge in [-0.1, -0.05) is 20.8 Å². The van der Waals surface area contributed by atoms with Crippen LogP contribution in [0.4, 0.5) is 14.5 Å². The van der Waals surface area contributed by atoms with Gasteiger partial charge in [0.2, 0.25) is 5.91 Å². The summed E-state index contributed by atoms with van der Waals surface area (Å²) in [5.41, 5.74) is -1.45. The lowest BCUT2D eigenvalue weighted by atomic mass is 9.92. The molecule has 1 aromatic carbocycles. The third kappa shape index (κ3) is 7.25. The summed E-state index contributed by atoms with van der Waals surface area (Å²) in [6, 6.07) is 1.54. The molecule has 204 valence electrons. The first-order valence-corrected chi connectivity index (χ1v) is 12.1. The Balaban J connectivity index is 1.73. The van der Waals surface area contributed by atoms with Crippen LogP contribution < -0.4 is 10.1 Å². The molecule has 11 nitrogen and oxygen atoms in total. The quantitative estimate of drug-likeness (QED) is 0.340. The second kappa shape index (κ2) is 11.9. The molecule has 3 rings (SSSR count). The number of carbonyl (C=O) groups excluding carboxylic acids is 2. The number of amides is 2. The predicted octanol–water partition coefficient (Wildman–Crippen LogP) is 0.718. The van der Waals surface area contributed by atoms with Crippen LogP contribution in [0.3, 0.4) is 0 Å². The summed E-state index contributed by atoms with van der Waals surface area (Å²) >= 11 is 1.01. The number of hydrogen-bond donors (Lipinski definition) is 5. The van der Waals surface area contributed by atoms with Crippen LogP contribution >= 0.6 is 11.3 Å². The highest BCUT2D eigenvalue weighted by atomic mass is 32.1. The lowest BCUT2D eigenvalue weighted by molar-refractivity contribution is -0.308. The summed E-state index contributed by atoms with van der Waals surface area (Å²) in [6.45, 7) is 4.45. The van der Waals surface area contributed by atoms with Gasteiger partial charge in [0.05, 0.1) is 6.61 Å². The predicted molar refractivity (Wildman–Crippen MR) is 126 cm³/mol. The number of aliphatic hydroxyl groups is 4. The molecule has 1 aliphatic heterocycles. The highest BCUT2D eigenvalue weighted by molar-refractivity contribution is 7.07. The van der Waals surface area contributed by atoms with Gasteiger partial charge in [-0.25, -0.2) is 8.78 Å². The van der Waals surface area contributed by atoms with Gasteiger partial charge in [0.25, 0.3) is 5.91 Å². The van der Waals surface area contributed by atoms with Gasteiger partial charge < -0.3 is 35.2 Å². The largest absolute Gasteiger partial charge is 0.394 e. The number of aromatic nitrogens is 1. The number of rotatable bonds is 7. The fourth-order valence-electron chi connectivity index (χ4n) is 3.48. The first kappa shape index (κ1) is 29.0. The molecule has 2 aromatic rings. The fourth-order valence-corrected chi connectivity index (χ4v) is 4.19. The summed E-state index contributed by atoms with van der Waals surface area (Å²) < 4.78 is 41.1. The molecule has 0 saturated carbocycles. The Morgan fingerprint density at radius 1 is 1.16 bits per heavy atom. The highest BCUT2D eigenvalue weighted by Gasteiger charge is 2.44. The van der Waals surface area contributed by atoms with Crippen LogP contribution in [0.5, 0.6) is 0 Å². The van der Waals surface area contributed by atoms with Crippen LogP contribution in [-0.4, -0.2) is 74.1 Å². The van der Waals surface area contributed by atoms with Crippen molar-refractivity contribution in [3.05, 3.63) is 45.7 Å². The van der Waals surface area contributed by atoms with Crippen LogP contribution in [0.15, 0.2) is 28.7 Å². The molecule has 1 saturated heterocycles. The number of halogens is 2. The van der Waals surface area contributed by atoms with Crippen LogP contribution in [0.25, 0.3) is 0 Å². The maximum absolute atomic E-state index is 14.5. The van der Waals surface area contributed by atoms with Crippen molar-refractivity contribution in [2.45, 2.75) is 64.6 Å². The number of benzene rings is 1. The number of thiazole rings is 1. The molecule has 37 heavy (non-hydrogen) atoms. The molecule has 1 aromatic heterocycles. The molecule has 1 fully saturated rings. The zero-order valence-electron chi connectivity index (χ0n) is 20.3. The van der Waals surface area contributed by atoms with E-state index in [2.05, 4.69) is 10.3 Å². The van der Waals surface area contributed by atoms with E-state index < -0.39 is 77.4 Å². The molecular weight excluding hydrogens is 516 g/mol. The average Bonchev–Trinajstić information content (AvgIpc) is 3.25. The van der Waals surface area contributed by atoms with Crippen LogP contribution in [0, 0.1) is 17.0 Å². The van der Waals surface area contributed by atoms with Gasteiger partial charge in [0, 0.05) is 23.6 Å². The van der Waals surface area contributed by atoms with E-state index >= 15 is 0 Å². The van der Waals surface area contributed by atoms with Gasteiger partial charge in [0.15, 0.2) is 22.7 Å². The standard InChI is InChI=1S/C23H29F2N3O8S/c1-23(2,3)8-15(30)26-16-12(24)6-11(7-13(16)25)20(34)27-22-28(4-5-37-22)10-35-21-19(33)18(32)17(31)14(9-29)36-21/h4-7,14,17-19,21,29,31-33H,8-10H2,1-3H3,(H,26,30)/t14?,17-,18+,19+,21?/m0/s1. The molecule has 14 heteroatoms. The molecule has 0 radical (unpaired) electrons. The Hall–Kier alpha value is -2.59. The van der Waals surface area contributed by atoms with Gasteiger partial charge in [-0.2, -0.15) is 4.99 Å². The van der Waals surface area contributed by atoms with Crippen molar-refractivity contribution in [3.8, 4) is 0 Å². The van der Waals surface area contributed by atoms with E-state index in [9.17, 15) is 38.8 Å². The van der Waals surface area contributed by atoms with E-state index in [0.29, 0.717) is 0 Å². The maximum atomic E-state index is 14.5. The Kier molecular flexibility index (Phi) is 9.28. The van der Waals surface area contributed by atoms with Crippen molar-refractivity contribution in [1.29, 1.82) is 0 Å². The van der Waals surface area contributed by atoms with E-state index in [4.69, 9.17) is 9.47 Å². The minimum absolute atomic E-state index is 0.0332. The van der Waals surface area contributed by atoms with Gasteiger partial charge in [-0.05, 0) is 17.5 Å². The van der Waals surface area contributed by atoms with Gasteiger partial charge in [-0.3, -0.25) is 14.2 Å². The topological polar surface area (TPSA) is 163 Å². The molecular formula is C23H29F2N3O8S. The minimum atomic E-state index is -1.62. The summed E-state index contributed by atoms with van der Waals surface area (Å²) in [7, 11) is 0. The normalized spacial score (nSPS) is 24.8. The molecule has 2 heterocycles. The van der Waals surface area contributed by atoms with E-state index in [1.807, 2.05) is 0 Å². The molecule has 1 aliphatic rings. The van der Waals surface area contributed by atoms with E-state index in [1.165, 1.54) is 10.8 Å². The number of hydrogen-bond acceptors (Lipinski definition) is 9. The van der Waals surface area contributed by atoms with E-state index in [0.717, 1.165) is 23.5 Å². The minimum Gasteiger partial charge on any atom is -0.394 e. The monoisotopic (exact) mass is 545 g/mol. The molecule has 2 amide bonds. The van der Waals surface area contributed by atoms with E-state index in [-0.39, 0.29) is 18.0 Å². The first-order chi connectivity index (χ1) is 17.3. The number of nitrogens with zero attached hydrogens (tertiary/aromatic N) is 2. The Morgan fingerprint density at radius 2 is 1.81 bits per heavy atom. The summed E-state index contributed by atoms with van der Waals surface area (Å²) in [5, 5.41) is 42.8. The van der Waals surface area contributed by atoms with Gasteiger partial charge in [0.1, 0.15) is 36.8 Å². The van der Waals surface area contributed by atoms with Crippen molar-refractivity contribution in [3.63, 3.8) is 0 Å². The lowest BCUT2D eigenvalue weighted by Gasteiger charge is -2.39. The van der Waals surface area contributed by atoms with Crippen LogP contribution in [0.2, 0.25) is 0 Å². The molecule has 5 N–H and O–H groups in total. The fraction of sp³-hybridized carbons (Fsp3) is 0.522. The second-order valence-corrected chi connectivity index (χ2v) is 10.5. The Morgan fingerprint density at radius 3 is 2.41 bits per heavy atom. The summed E-state index contributed by atoms with van der Waals surface area (Å²) in [4.78, 5) is 28.6. The first-order valence-electron chi connectivity index (χ1n) is 11.2. The van der Waals surface area contributed by atoms with Crippen molar-refractivity contribution >= 4 is 28.8 Å². The second-order valence-electron chi connectivity index (χ2n) is 9.67. The number of aliphatic hydroxyl groups excluding tert-OH is 4. The molecule has 0 bridgehead atoms. The zero-order chi connectivity index (χ0) is 27.5. The number of ether oxygens (including phenoxy) is 2. The number of nitrogens with one attached hydrogen (secondary N) is 1. The van der Waals surface area contributed by atoms with Crippen LogP contribution in [-0.2, 0) is 21.0 Å². The molecule has 0 spiro atoms. The third-order valence-corrected chi connectivity index (χ3v) is 6.12. The lowest BCUT2D eigenvalue weighted by Crippen LogP contribution is -2.59. The SMILES string of the molecule is CC(C)(C)CC(=O)Nc1c(F)cc(C(=O)N=c2sccn2COC2OC(CO)[C@H](O)[C@@H](O)[C@H]2O)cc1F. The molecule has 5 atom stereocenters. The Bertz CT molecular complexity index is 1170. The maximum Gasteiger partial charge on any atom is 0.279 e. The number of carbonyl (C=O) groups is 2. The third-order valence-electron chi connectivity index (χ3n) is 5.33. The summed E-state index contributed by atoms with van der Waals surface area (Å²) in [6.07, 6.45) is -5.84. The van der Waals surface area contributed by atoms with Crippen molar-refractivity contribution in [2.24, 2.45) is 10.4 Å².